The molecule has 1 aliphatic carbocycles. The van der Waals surface area contributed by atoms with Gasteiger partial charge < -0.3 is 20.3 Å². The van der Waals surface area contributed by atoms with E-state index in [1.807, 2.05) is 6.92 Å². The highest BCUT2D eigenvalue weighted by atomic mass is 127. The number of carbonyl (C=O) groups is 1. The van der Waals surface area contributed by atoms with Gasteiger partial charge in [-0.05, 0) is 19.8 Å². The zero-order valence-corrected chi connectivity index (χ0v) is 18.3. The van der Waals surface area contributed by atoms with Gasteiger partial charge in [0, 0.05) is 27.2 Å². The van der Waals surface area contributed by atoms with Crippen molar-refractivity contribution in [1.82, 2.24) is 15.5 Å². The van der Waals surface area contributed by atoms with Crippen molar-refractivity contribution in [2.75, 3.05) is 40.3 Å². The van der Waals surface area contributed by atoms with Crippen molar-refractivity contribution in [3.63, 3.8) is 0 Å². The number of likely N-dealkylation sites (N-methyl/N-ethyl adjacent to an activating group) is 1. The fourth-order valence-electron chi connectivity index (χ4n) is 2.50. The highest BCUT2D eigenvalue weighted by Gasteiger charge is 2.12. The molecule has 0 radical (unpaired) electrons. The van der Waals surface area contributed by atoms with Gasteiger partial charge in [0.15, 0.2) is 5.96 Å². The van der Waals surface area contributed by atoms with E-state index in [9.17, 15) is 4.79 Å². The first-order valence-corrected chi connectivity index (χ1v) is 8.97. The van der Waals surface area contributed by atoms with Crippen molar-refractivity contribution in [3.8, 4) is 0 Å². The van der Waals surface area contributed by atoms with Crippen LogP contribution in [0, 0.1) is 0 Å². The number of halogens is 1. The number of carbonyl (C=O) groups excluding carboxylic acids is 1. The Morgan fingerprint density at radius 1 is 1.20 bits per heavy atom. The minimum atomic E-state index is -0.0267. The van der Waals surface area contributed by atoms with Gasteiger partial charge in [-0.2, -0.15) is 0 Å². The Morgan fingerprint density at radius 2 is 1.84 bits per heavy atom. The monoisotopic (exact) mass is 466 g/mol. The normalized spacial score (nSPS) is 15.7. The van der Waals surface area contributed by atoms with Crippen LogP contribution >= 0.6 is 24.0 Å². The van der Waals surface area contributed by atoms with Crippen molar-refractivity contribution >= 4 is 35.8 Å². The van der Waals surface area contributed by atoms with Crippen LogP contribution in [-0.4, -0.2) is 63.2 Å². The van der Waals surface area contributed by atoms with Crippen molar-refractivity contribution < 1.29 is 9.53 Å². The molecule has 0 spiro atoms. The van der Waals surface area contributed by atoms with E-state index in [1.165, 1.54) is 43.4 Å². The Morgan fingerprint density at radius 3 is 2.40 bits per heavy atom. The van der Waals surface area contributed by atoms with Crippen molar-refractivity contribution in [1.29, 1.82) is 0 Å². The van der Waals surface area contributed by atoms with Crippen LogP contribution in [0.2, 0.25) is 0 Å². The van der Waals surface area contributed by atoms with Gasteiger partial charge in [-0.15, -0.1) is 24.0 Å². The van der Waals surface area contributed by atoms with Gasteiger partial charge in [0.05, 0.1) is 12.7 Å². The summed E-state index contributed by atoms with van der Waals surface area (Å²) >= 11 is 0. The fourth-order valence-corrected chi connectivity index (χ4v) is 2.50. The van der Waals surface area contributed by atoms with Crippen LogP contribution in [0.4, 0.5) is 0 Å². The topological polar surface area (TPSA) is 66.0 Å². The smallest absolute Gasteiger partial charge is 0.243 e. The number of hydrogen-bond donors (Lipinski definition) is 2. The number of aliphatic imine (C=N–C) groups is 1. The maximum absolute atomic E-state index is 11.7. The number of nitrogens with zero attached hydrogens (tertiary/aromatic N) is 2. The Bertz CT molecular complexity index is 419. The molecular formula is C18H35IN4O2. The first-order chi connectivity index (χ1) is 11.5. The zero-order chi connectivity index (χ0) is 17.8. The number of guanidine groups is 1. The van der Waals surface area contributed by atoms with Crippen LogP contribution in [-0.2, 0) is 9.53 Å². The molecule has 2 N–H and O–H groups in total. The number of rotatable bonds is 8. The summed E-state index contributed by atoms with van der Waals surface area (Å²) in [5, 5.41) is 6.40. The van der Waals surface area contributed by atoms with Crippen molar-refractivity contribution in [2.45, 2.75) is 51.6 Å². The molecular weight excluding hydrogens is 431 g/mol. The molecule has 1 rings (SSSR count). The molecule has 146 valence electrons. The van der Waals surface area contributed by atoms with Gasteiger partial charge in [0.2, 0.25) is 5.91 Å². The van der Waals surface area contributed by atoms with Gasteiger partial charge in [-0.25, -0.2) is 4.99 Å². The molecule has 0 aromatic carbocycles. The summed E-state index contributed by atoms with van der Waals surface area (Å²) in [5.74, 6) is 0.596. The van der Waals surface area contributed by atoms with Gasteiger partial charge >= 0.3 is 0 Å². The summed E-state index contributed by atoms with van der Waals surface area (Å²) in [5.41, 5.74) is 1.01. The summed E-state index contributed by atoms with van der Waals surface area (Å²) in [6, 6.07) is 0. The lowest BCUT2D eigenvalue weighted by molar-refractivity contribution is -0.127. The Labute approximate surface area is 169 Å². The third-order valence-electron chi connectivity index (χ3n) is 3.98. The average Bonchev–Trinajstić information content (AvgIpc) is 2.81. The SMILES string of the molecule is C=C(C)CNC(=NCC(=O)N(C)C)NCCOC1CCCCCC1.I. The Hall–Kier alpha value is -0.830. The lowest BCUT2D eigenvalue weighted by atomic mass is 10.1. The van der Waals surface area contributed by atoms with E-state index in [-0.39, 0.29) is 36.4 Å². The largest absolute Gasteiger partial charge is 0.376 e. The summed E-state index contributed by atoms with van der Waals surface area (Å²) in [6.45, 7) is 7.91. The third kappa shape index (κ3) is 12.2. The van der Waals surface area contributed by atoms with E-state index in [0.717, 1.165) is 5.57 Å². The lowest BCUT2D eigenvalue weighted by Gasteiger charge is -2.17. The van der Waals surface area contributed by atoms with E-state index in [2.05, 4.69) is 22.2 Å². The van der Waals surface area contributed by atoms with Crippen LogP contribution in [0.1, 0.15) is 45.4 Å². The van der Waals surface area contributed by atoms with Crippen LogP contribution in [0.3, 0.4) is 0 Å². The number of hydrogen-bond acceptors (Lipinski definition) is 3. The molecule has 0 bridgehead atoms. The van der Waals surface area contributed by atoms with E-state index in [0.29, 0.717) is 31.8 Å². The molecule has 0 unspecified atom stereocenters. The van der Waals surface area contributed by atoms with E-state index < -0.39 is 0 Å². The molecule has 0 aromatic rings. The van der Waals surface area contributed by atoms with Gasteiger partial charge in [0.25, 0.3) is 0 Å². The van der Waals surface area contributed by atoms with Crippen LogP contribution in [0.25, 0.3) is 0 Å². The molecule has 0 aliphatic heterocycles. The van der Waals surface area contributed by atoms with Gasteiger partial charge in [0.1, 0.15) is 6.54 Å². The standard InChI is InChI=1S/C18H34N4O2.HI/c1-15(2)13-20-18(21-14-17(23)22(3)4)19-11-12-24-16-9-7-5-6-8-10-16;/h16H,1,5-14H2,2-4H3,(H2,19,20,21);1H. The highest BCUT2D eigenvalue weighted by molar-refractivity contribution is 14.0. The van der Waals surface area contributed by atoms with Gasteiger partial charge in [-0.1, -0.05) is 37.8 Å². The van der Waals surface area contributed by atoms with E-state index in [4.69, 9.17) is 4.74 Å². The molecule has 1 amide bonds. The number of nitrogens with one attached hydrogen (secondary N) is 2. The second-order valence-corrected chi connectivity index (χ2v) is 6.67. The van der Waals surface area contributed by atoms with Crippen LogP contribution < -0.4 is 10.6 Å². The van der Waals surface area contributed by atoms with Gasteiger partial charge in [-0.3, -0.25) is 4.79 Å². The fraction of sp³-hybridized carbons (Fsp3) is 0.778. The number of ether oxygens (including phenoxy) is 1. The molecule has 1 saturated carbocycles. The van der Waals surface area contributed by atoms with E-state index >= 15 is 0 Å². The first kappa shape index (κ1) is 24.2. The lowest BCUT2D eigenvalue weighted by Crippen LogP contribution is -2.41. The predicted molar refractivity (Wildman–Crippen MR) is 115 cm³/mol. The molecule has 6 nitrogen and oxygen atoms in total. The molecule has 0 atom stereocenters. The summed E-state index contributed by atoms with van der Waals surface area (Å²) in [7, 11) is 3.46. The summed E-state index contributed by atoms with van der Waals surface area (Å²) in [6.07, 6.45) is 7.96. The first-order valence-electron chi connectivity index (χ1n) is 8.97. The molecule has 1 fully saturated rings. The minimum absolute atomic E-state index is 0. The summed E-state index contributed by atoms with van der Waals surface area (Å²) in [4.78, 5) is 17.5. The third-order valence-corrected chi connectivity index (χ3v) is 3.98. The van der Waals surface area contributed by atoms with Crippen LogP contribution in [0.5, 0.6) is 0 Å². The Kier molecular flexibility index (Phi) is 13.9. The van der Waals surface area contributed by atoms with Crippen molar-refractivity contribution in [2.24, 2.45) is 4.99 Å². The average molecular weight is 466 g/mol. The maximum atomic E-state index is 11.7. The molecule has 0 aromatic heterocycles. The maximum Gasteiger partial charge on any atom is 0.243 e. The summed E-state index contributed by atoms with van der Waals surface area (Å²) < 4.78 is 5.96. The number of amides is 1. The quantitative estimate of drug-likeness (QED) is 0.144. The molecule has 7 heteroatoms. The second kappa shape index (κ2) is 14.4. The second-order valence-electron chi connectivity index (χ2n) is 6.67. The van der Waals surface area contributed by atoms with Crippen molar-refractivity contribution in [3.05, 3.63) is 12.2 Å². The Balaban J connectivity index is 0.00000576. The minimum Gasteiger partial charge on any atom is -0.376 e. The molecule has 1 aliphatic rings. The highest BCUT2D eigenvalue weighted by Crippen LogP contribution is 2.19. The molecule has 0 heterocycles. The molecule has 25 heavy (non-hydrogen) atoms. The molecule has 0 saturated heterocycles. The zero-order valence-electron chi connectivity index (χ0n) is 16.0. The predicted octanol–water partition coefficient (Wildman–Crippen LogP) is 2.54. The van der Waals surface area contributed by atoms with Crippen LogP contribution in [0.15, 0.2) is 17.1 Å². The van der Waals surface area contributed by atoms with E-state index in [1.54, 1.807) is 14.1 Å².